The van der Waals surface area contributed by atoms with E-state index in [1.54, 1.807) is 0 Å². The average Bonchev–Trinajstić information content (AvgIpc) is 3.88. The van der Waals surface area contributed by atoms with Crippen molar-refractivity contribution in [1.82, 2.24) is 10.0 Å². The van der Waals surface area contributed by atoms with Crippen LogP contribution in [0.2, 0.25) is 0 Å². The van der Waals surface area contributed by atoms with Gasteiger partial charge in [0.1, 0.15) is 18.1 Å². The predicted octanol–water partition coefficient (Wildman–Crippen LogP) is 20.6. The second-order valence-corrected chi connectivity index (χ2v) is 22.8. The molecule has 0 aliphatic carbocycles. The van der Waals surface area contributed by atoms with Gasteiger partial charge < -0.3 is 24.4 Å². The molecule has 1 N–H and O–H groups in total. The number of hydrogen-bond acceptors (Lipinski definition) is 7. The van der Waals surface area contributed by atoms with Crippen molar-refractivity contribution in [3.8, 4) is 11.5 Å². The van der Waals surface area contributed by atoms with Gasteiger partial charge in [-0.3, -0.25) is 9.59 Å². The number of likely N-dealkylation sites (N-methyl/N-ethyl adjacent to an activating group) is 1. The van der Waals surface area contributed by atoms with Crippen molar-refractivity contribution in [2.45, 2.75) is 297 Å². The number of ether oxygens (including phenoxy) is 3. The minimum absolute atomic E-state index is 0.163. The van der Waals surface area contributed by atoms with Crippen LogP contribution in [0.1, 0.15) is 300 Å². The second kappa shape index (κ2) is 45.6. The SMILES string of the molecule is CCCCCCCCCCCCCCCCCCCCCC(=O)Oc1ccc(COC(CNCC)c2cn(OCc3ccc(OC(=O)CCCCCCCCCCCCCCCCCCCCC)cc3)c3ccccc23)cc1. The number of esters is 2. The highest BCUT2D eigenvalue weighted by Gasteiger charge is 2.20. The van der Waals surface area contributed by atoms with Gasteiger partial charge in [0, 0.05) is 30.3 Å². The molecule has 0 bridgehead atoms. The molecule has 0 saturated carbocycles. The van der Waals surface area contributed by atoms with Crippen LogP contribution in [0, 0.1) is 0 Å². The van der Waals surface area contributed by atoms with E-state index in [0.717, 1.165) is 59.8 Å². The van der Waals surface area contributed by atoms with Gasteiger partial charge in [-0.15, -0.1) is 0 Å². The molecule has 0 spiro atoms. The number of aromatic nitrogens is 1. The number of carbonyl (C=O) groups is 2. The molecule has 1 unspecified atom stereocenters. The zero-order valence-corrected chi connectivity index (χ0v) is 50.1. The van der Waals surface area contributed by atoms with Crippen molar-refractivity contribution in [3.05, 3.63) is 95.7 Å². The van der Waals surface area contributed by atoms with E-state index in [0.29, 0.717) is 44.1 Å². The predicted molar refractivity (Wildman–Crippen MR) is 328 cm³/mol. The van der Waals surface area contributed by atoms with Gasteiger partial charge in [-0.05, 0) is 60.8 Å². The molecular formula is C70H112N2O6. The number of fused-ring (bicyclic) bond motifs is 1. The number of nitrogens with one attached hydrogen (secondary N) is 1. The molecule has 0 fully saturated rings. The summed E-state index contributed by atoms with van der Waals surface area (Å²) in [6.45, 7) is 8.89. The Hall–Kier alpha value is -4.14. The Balaban J connectivity index is 1.05. The first-order valence-corrected chi connectivity index (χ1v) is 32.7. The van der Waals surface area contributed by atoms with E-state index in [-0.39, 0.29) is 18.0 Å². The number of unbranched alkanes of at least 4 members (excludes halogenated alkanes) is 36. The van der Waals surface area contributed by atoms with Crippen molar-refractivity contribution >= 4 is 22.8 Å². The summed E-state index contributed by atoms with van der Waals surface area (Å²) in [6.07, 6.45) is 53.5. The molecule has 1 heterocycles. The van der Waals surface area contributed by atoms with E-state index >= 15 is 0 Å². The lowest BCUT2D eigenvalue weighted by Gasteiger charge is -2.18. The normalized spacial score (nSPS) is 11.9. The van der Waals surface area contributed by atoms with Crippen molar-refractivity contribution in [2.75, 3.05) is 13.1 Å². The molecule has 0 aliphatic rings. The van der Waals surface area contributed by atoms with Crippen LogP contribution < -0.4 is 19.6 Å². The maximum absolute atomic E-state index is 12.7. The molecule has 8 nitrogen and oxygen atoms in total. The molecule has 4 rings (SSSR count). The minimum atomic E-state index is -0.232. The Morgan fingerprint density at radius 2 is 0.769 bits per heavy atom. The second-order valence-electron chi connectivity index (χ2n) is 22.8. The van der Waals surface area contributed by atoms with E-state index in [1.165, 1.54) is 218 Å². The Kier molecular flexibility index (Phi) is 38.8. The quantitative estimate of drug-likeness (QED) is 0.0268. The fourth-order valence-corrected chi connectivity index (χ4v) is 10.8. The molecule has 1 atom stereocenters. The van der Waals surface area contributed by atoms with Crippen LogP contribution in [0.3, 0.4) is 0 Å². The number of para-hydroxylation sites is 1. The molecule has 0 saturated heterocycles. The van der Waals surface area contributed by atoms with Crippen LogP contribution in [-0.2, 0) is 27.5 Å². The largest absolute Gasteiger partial charge is 0.427 e. The summed E-state index contributed by atoms with van der Waals surface area (Å²) in [7, 11) is 0. The van der Waals surface area contributed by atoms with Gasteiger partial charge in [0.15, 0.2) is 0 Å². The van der Waals surface area contributed by atoms with Crippen LogP contribution in [-0.4, -0.2) is 29.8 Å². The topological polar surface area (TPSA) is 88.0 Å². The lowest BCUT2D eigenvalue weighted by molar-refractivity contribution is -0.135. The Morgan fingerprint density at radius 3 is 1.14 bits per heavy atom. The third-order valence-electron chi connectivity index (χ3n) is 15.7. The zero-order valence-electron chi connectivity index (χ0n) is 50.1. The summed E-state index contributed by atoms with van der Waals surface area (Å²) < 4.78 is 19.8. The Bertz CT molecular complexity index is 2040. The molecule has 78 heavy (non-hydrogen) atoms. The van der Waals surface area contributed by atoms with Crippen LogP contribution in [0.4, 0.5) is 0 Å². The Labute approximate surface area is 476 Å². The summed E-state index contributed by atoms with van der Waals surface area (Å²) in [5, 5.41) is 4.56. The van der Waals surface area contributed by atoms with Crippen molar-refractivity contribution in [2.24, 2.45) is 0 Å². The van der Waals surface area contributed by atoms with Crippen LogP contribution in [0.5, 0.6) is 11.5 Å². The molecule has 0 amide bonds. The van der Waals surface area contributed by atoms with Gasteiger partial charge in [-0.2, -0.15) is 4.73 Å². The highest BCUT2D eigenvalue weighted by atomic mass is 16.7. The van der Waals surface area contributed by atoms with E-state index < -0.39 is 0 Å². The molecule has 1 aromatic heterocycles. The van der Waals surface area contributed by atoms with E-state index in [4.69, 9.17) is 19.0 Å². The highest BCUT2D eigenvalue weighted by Crippen LogP contribution is 2.30. The molecular weight excluding hydrogens is 965 g/mol. The van der Waals surface area contributed by atoms with Crippen molar-refractivity contribution < 1.29 is 28.6 Å². The van der Waals surface area contributed by atoms with Gasteiger partial charge in [0.25, 0.3) is 0 Å². The first kappa shape index (κ1) is 66.4. The summed E-state index contributed by atoms with van der Waals surface area (Å²) in [4.78, 5) is 31.7. The van der Waals surface area contributed by atoms with Crippen LogP contribution in [0.25, 0.3) is 10.9 Å². The third kappa shape index (κ3) is 31.6. The molecule has 0 radical (unpaired) electrons. The number of carbonyl (C=O) groups excluding carboxylic acids is 2. The lowest BCUT2D eigenvalue weighted by Crippen LogP contribution is -2.23. The standard InChI is InChI=1S/C70H112N2O6/c1-4-7-9-11-13-15-17-19-21-23-25-27-29-31-33-35-37-39-41-47-69(73)77-63-53-49-61(50-54-63)59-75-68(57-71-6-3)66-58-72(67-46-44-43-45-65(66)67)76-60-62-51-55-64(56-52-62)78-70(74)48-42-40-38-36-34-32-30-28-26-24-22-20-18-16-14-12-10-8-5-2/h43-46,49-56,58,68,71H,4-42,47-48,57,59-60H2,1-3H3. The number of rotatable bonds is 52. The summed E-state index contributed by atoms with van der Waals surface area (Å²) in [5.41, 5.74) is 3.98. The van der Waals surface area contributed by atoms with E-state index in [9.17, 15) is 9.59 Å². The maximum atomic E-state index is 12.7. The number of nitrogens with zero attached hydrogens (tertiary/aromatic N) is 1. The highest BCUT2D eigenvalue weighted by molar-refractivity contribution is 5.84. The van der Waals surface area contributed by atoms with E-state index in [2.05, 4.69) is 38.2 Å². The fraction of sp³-hybridized carbons (Fsp3) is 0.686. The smallest absolute Gasteiger partial charge is 0.311 e. The Morgan fingerprint density at radius 1 is 0.423 bits per heavy atom. The molecule has 4 aromatic rings. The summed E-state index contributed by atoms with van der Waals surface area (Å²) in [6, 6.07) is 23.6. The van der Waals surface area contributed by atoms with Gasteiger partial charge >= 0.3 is 11.9 Å². The number of hydrogen-bond donors (Lipinski definition) is 1. The van der Waals surface area contributed by atoms with E-state index in [1.807, 2.05) is 71.6 Å². The van der Waals surface area contributed by atoms with Gasteiger partial charge in [-0.25, -0.2) is 0 Å². The first-order valence-electron chi connectivity index (χ1n) is 32.7. The average molecular weight is 1080 g/mol. The molecule has 438 valence electrons. The zero-order chi connectivity index (χ0) is 55.2. The van der Waals surface area contributed by atoms with Gasteiger partial charge in [-0.1, -0.05) is 294 Å². The van der Waals surface area contributed by atoms with Crippen molar-refractivity contribution in [3.63, 3.8) is 0 Å². The molecule has 3 aromatic carbocycles. The molecule has 8 heteroatoms. The monoisotopic (exact) mass is 1080 g/mol. The minimum Gasteiger partial charge on any atom is -0.427 e. The lowest BCUT2D eigenvalue weighted by atomic mass is 10.0. The van der Waals surface area contributed by atoms with Crippen LogP contribution >= 0.6 is 0 Å². The maximum Gasteiger partial charge on any atom is 0.311 e. The van der Waals surface area contributed by atoms with Crippen LogP contribution in [0.15, 0.2) is 79.0 Å². The van der Waals surface area contributed by atoms with Crippen molar-refractivity contribution in [1.29, 1.82) is 0 Å². The molecule has 0 aliphatic heterocycles. The summed E-state index contributed by atoms with van der Waals surface area (Å²) >= 11 is 0. The fourth-order valence-electron chi connectivity index (χ4n) is 10.8. The van der Waals surface area contributed by atoms with Gasteiger partial charge in [0.05, 0.1) is 24.4 Å². The third-order valence-corrected chi connectivity index (χ3v) is 15.7. The summed E-state index contributed by atoms with van der Waals surface area (Å²) in [5.74, 6) is 0.808. The number of benzene rings is 3. The first-order chi connectivity index (χ1) is 38.5. The van der Waals surface area contributed by atoms with Gasteiger partial charge in [0.2, 0.25) is 0 Å².